The summed E-state index contributed by atoms with van der Waals surface area (Å²) in [5.74, 6) is 0. The van der Waals surface area contributed by atoms with Crippen LogP contribution in [0.15, 0.2) is 42.5 Å². The van der Waals surface area contributed by atoms with E-state index in [9.17, 15) is 4.79 Å². The Morgan fingerprint density at radius 1 is 1.08 bits per heavy atom. The maximum Gasteiger partial charge on any atom is 1.00 e. The van der Waals surface area contributed by atoms with Crippen LogP contribution in [0.3, 0.4) is 0 Å². The number of hydrogen-bond donors (Lipinski definition) is 0. The van der Waals surface area contributed by atoms with Gasteiger partial charge in [-0.1, -0.05) is 36.4 Å². The Hall–Kier alpha value is -1.34. The molecule has 0 saturated heterocycles. The van der Waals surface area contributed by atoms with Crippen molar-refractivity contribution in [3.05, 3.63) is 48.0 Å². The van der Waals surface area contributed by atoms with E-state index in [1.54, 1.807) is 6.07 Å². The van der Waals surface area contributed by atoms with Crippen molar-refractivity contribution in [1.82, 2.24) is 0 Å². The van der Waals surface area contributed by atoms with E-state index in [4.69, 9.17) is 11.6 Å². The highest BCUT2D eigenvalue weighted by molar-refractivity contribution is 6.68. The molecule has 13 heavy (non-hydrogen) atoms. The van der Waals surface area contributed by atoms with Crippen molar-refractivity contribution in [2.75, 3.05) is 0 Å². The molecule has 2 heteroatoms. The first kappa shape index (κ1) is 8.27. The number of fused-ring (bicyclic) bond motifs is 1. The number of halogens is 1. The average molecular weight is 192 g/mol. The van der Waals surface area contributed by atoms with E-state index in [1.807, 2.05) is 36.4 Å². The van der Waals surface area contributed by atoms with Gasteiger partial charge in [0.2, 0.25) is 0 Å². The first-order valence-electron chi connectivity index (χ1n) is 3.96. The molecular formula is C11H8ClO+. The van der Waals surface area contributed by atoms with Crippen molar-refractivity contribution >= 4 is 27.6 Å². The molecule has 0 aliphatic rings. The van der Waals surface area contributed by atoms with Crippen LogP contribution < -0.4 is 0 Å². The Balaban J connectivity index is 0.000000980. The van der Waals surface area contributed by atoms with E-state index in [2.05, 4.69) is 0 Å². The van der Waals surface area contributed by atoms with E-state index < -0.39 is 5.24 Å². The lowest BCUT2D eigenvalue weighted by molar-refractivity contribution is 0.108. The monoisotopic (exact) mass is 191 g/mol. The van der Waals surface area contributed by atoms with Crippen molar-refractivity contribution in [2.24, 2.45) is 0 Å². The van der Waals surface area contributed by atoms with E-state index in [-0.39, 0.29) is 1.43 Å². The molecule has 0 saturated carbocycles. The summed E-state index contributed by atoms with van der Waals surface area (Å²) >= 11 is 5.44. The quantitative estimate of drug-likeness (QED) is 0.632. The maximum atomic E-state index is 11.0. The summed E-state index contributed by atoms with van der Waals surface area (Å²) in [6.45, 7) is 0. The summed E-state index contributed by atoms with van der Waals surface area (Å²) in [5, 5.41) is 1.54. The predicted octanol–water partition coefficient (Wildman–Crippen LogP) is 3.33. The molecular weight excluding hydrogens is 184 g/mol. The minimum atomic E-state index is -0.406. The lowest BCUT2D eigenvalue weighted by atomic mass is 10.1. The van der Waals surface area contributed by atoms with Crippen LogP contribution in [-0.4, -0.2) is 5.24 Å². The van der Waals surface area contributed by atoms with E-state index in [0.717, 1.165) is 10.8 Å². The zero-order valence-electron chi connectivity index (χ0n) is 7.83. The molecule has 0 unspecified atom stereocenters. The Morgan fingerprint density at radius 3 is 2.54 bits per heavy atom. The average Bonchev–Trinajstić information content (AvgIpc) is 2.17. The summed E-state index contributed by atoms with van der Waals surface area (Å²) < 4.78 is 0. The topological polar surface area (TPSA) is 17.1 Å². The third kappa shape index (κ3) is 1.43. The number of rotatable bonds is 1. The molecule has 0 fully saturated rings. The van der Waals surface area contributed by atoms with Gasteiger partial charge in [0, 0.05) is 5.56 Å². The van der Waals surface area contributed by atoms with Crippen molar-refractivity contribution in [1.29, 1.82) is 0 Å². The third-order valence-corrected chi connectivity index (χ3v) is 2.20. The molecule has 1 nitrogen and oxygen atoms in total. The van der Waals surface area contributed by atoms with Crippen LogP contribution in [0.5, 0.6) is 0 Å². The van der Waals surface area contributed by atoms with E-state index >= 15 is 0 Å². The number of carbonyl (C=O) groups is 1. The number of benzene rings is 2. The van der Waals surface area contributed by atoms with Crippen LogP contribution in [0, 0.1) is 0 Å². The van der Waals surface area contributed by atoms with Gasteiger partial charge in [0.05, 0.1) is 0 Å². The Kier molecular flexibility index (Phi) is 2.03. The number of carbonyl (C=O) groups excluding carboxylic acids is 1. The summed E-state index contributed by atoms with van der Waals surface area (Å²) in [5.41, 5.74) is 0.569. The highest BCUT2D eigenvalue weighted by Gasteiger charge is 2.05. The zero-order valence-corrected chi connectivity index (χ0v) is 7.58. The standard InChI is InChI=1S/C11H7ClO/c12-11(13)10-7-3-5-8-4-1-2-6-9(8)10/h1-7H/p+1. The normalized spacial score (nSPS) is 10.2. The van der Waals surface area contributed by atoms with Crippen molar-refractivity contribution < 1.29 is 6.22 Å². The van der Waals surface area contributed by atoms with Gasteiger partial charge in [0.15, 0.2) is 0 Å². The molecule has 64 valence electrons. The fourth-order valence-electron chi connectivity index (χ4n) is 1.40. The molecule has 0 N–H and O–H groups in total. The minimum Gasteiger partial charge on any atom is -0.276 e. The number of hydrogen-bond acceptors (Lipinski definition) is 1. The molecule has 0 bridgehead atoms. The molecule has 0 aliphatic heterocycles. The second kappa shape index (κ2) is 3.19. The molecule has 0 radical (unpaired) electrons. The highest BCUT2D eigenvalue weighted by Crippen LogP contribution is 2.19. The smallest absolute Gasteiger partial charge is 0.276 e. The van der Waals surface area contributed by atoms with Gasteiger partial charge in [-0.25, -0.2) is 0 Å². The largest absolute Gasteiger partial charge is 1.00 e. The summed E-state index contributed by atoms with van der Waals surface area (Å²) in [6.07, 6.45) is 0. The maximum absolute atomic E-state index is 11.0. The van der Waals surface area contributed by atoms with Crippen LogP contribution in [0.25, 0.3) is 10.8 Å². The molecule has 0 aromatic heterocycles. The van der Waals surface area contributed by atoms with Crippen molar-refractivity contribution in [3.63, 3.8) is 0 Å². The molecule has 2 aromatic rings. The summed E-state index contributed by atoms with van der Waals surface area (Å²) in [7, 11) is 0. The highest BCUT2D eigenvalue weighted by atomic mass is 35.5. The van der Waals surface area contributed by atoms with Crippen LogP contribution in [0.1, 0.15) is 11.8 Å². The third-order valence-electron chi connectivity index (χ3n) is 2.00. The van der Waals surface area contributed by atoms with Crippen molar-refractivity contribution in [3.8, 4) is 0 Å². The zero-order chi connectivity index (χ0) is 9.26. The molecule has 0 atom stereocenters. The Morgan fingerprint density at radius 2 is 1.77 bits per heavy atom. The molecule has 2 aromatic carbocycles. The van der Waals surface area contributed by atoms with E-state index in [1.165, 1.54) is 0 Å². The molecule has 0 aliphatic carbocycles. The lowest BCUT2D eigenvalue weighted by Crippen LogP contribution is -1.89. The minimum absolute atomic E-state index is 0. The summed E-state index contributed by atoms with van der Waals surface area (Å²) in [6, 6.07) is 13.2. The Bertz CT molecular complexity index is 462. The van der Waals surface area contributed by atoms with Gasteiger partial charge in [-0.3, -0.25) is 4.79 Å². The predicted molar refractivity (Wildman–Crippen MR) is 55.2 cm³/mol. The first-order valence-corrected chi connectivity index (χ1v) is 4.34. The van der Waals surface area contributed by atoms with Gasteiger partial charge in [0.1, 0.15) is 0 Å². The molecule has 0 heterocycles. The van der Waals surface area contributed by atoms with Gasteiger partial charge in [0.25, 0.3) is 5.24 Å². The second-order valence-corrected chi connectivity index (χ2v) is 3.14. The van der Waals surface area contributed by atoms with Crippen LogP contribution in [0.4, 0.5) is 0 Å². The molecule has 0 amide bonds. The fraction of sp³-hybridized carbons (Fsp3) is 0. The molecule has 2 rings (SSSR count). The second-order valence-electron chi connectivity index (χ2n) is 2.80. The van der Waals surface area contributed by atoms with Crippen molar-refractivity contribution in [2.45, 2.75) is 0 Å². The van der Waals surface area contributed by atoms with Crippen LogP contribution in [0.2, 0.25) is 0 Å². The van der Waals surface area contributed by atoms with E-state index in [0.29, 0.717) is 5.56 Å². The first-order chi connectivity index (χ1) is 6.29. The lowest BCUT2D eigenvalue weighted by Gasteiger charge is -2.00. The summed E-state index contributed by atoms with van der Waals surface area (Å²) in [4.78, 5) is 11.0. The van der Waals surface area contributed by atoms with Gasteiger partial charge < -0.3 is 0 Å². The fourth-order valence-corrected chi connectivity index (χ4v) is 1.56. The SMILES string of the molecule is O=C(Cl)c1cccc2ccccc12.[H+]. The van der Waals surface area contributed by atoms with Gasteiger partial charge in [-0.15, -0.1) is 0 Å². The van der Waals surface area contributed by atoms with Gasteiger partial charge in [-0.2, -0.15) is 0 Å². The van der Waals surface area contributed by atoms with Crippen LogP contribution in [-0.2, 0) is 0 Å². The molecule has 0 spiro atoms. The Labute approximate surface area is 82.4 Å². The van der Waals surface area contributed by atoms with Gasteiger partial charge in [-0.05, 0) is 28.4 Å². The van der Waals surface area contributed by atoms with Gasteiger partial charge >= 0.3 is 1.43 Å². The van der Waals surface area contributed by atoms with Crippen LogP contribution >= 0.6 is 11.6 Å².